The van der Waals surface area contributed by atoms with Crippen LogP contribution in [-0.2, 0) is 0 Å². The quantitative estimate of drug-likeness (QED) is 0.606. The van der Waals surface area contributed by atoms with Gasteiger partial charge in [-0.3, -0.25) is 9.59 Å². The molecule has 0 atom stereocenters. The summed E-state index contributed by atoms with van der Waals surface area (Å²) in [5.41, 5.74) is 3.53. The van der Waals surface area contributed by atoms with E-state index in [9.17, 15) is 9.59 Å². The van der Waals surface area contributed by atoms with Crippen LogP contribution < -0.4 is 10.6 Å². The number of benzene rings is 2. The molecule has 0 spiro atoms. The molecule has 2 aromatic carbocycles. The van der Waals surface area contributed by atoms with Gasteiger partial charge in [-0.05, 0) is 60.9 Å². The third-order valence-electron chi connectivity index (χ3n) is 4.27. The number of carbonyl (C=O) groups is 2. The summed E-state index contributed by atoms with van der Waals surface area (Å²) in [6.45, 7) is 5.76. The van der Waals surface area contributed by atoms with Crippen molar-refractivity contribution in [2.24, 2.45) is 0 Å². The smallest absolute Gasteiger partial charge is 0.274 e. The lowest BCUT2D eigenvalue weighted by molar-refractivity contribution is 0.101. The van der Waals surface area contributed by atoms with E-state index in [0.29, 0.717) is 23.1 Å². The Morgan fingerprint density at radius 3 is 2.14 bits per heavy atom. The normalized spacial score (nSPS) is 10.6. The highest BCUT2D eigenvalue weighted by atomic mass is 16.2. The summed E-state index contributed by atoms with van der Waals surface area (Å²) in [6.07, 6.45) is 1.52. The first-order valence-corrected chi connectivity index (χ1v) is 9.05. The van der Waals surface area contributed by atoms with Gasteiger partial charge in [0.15, 0.2) is 5.78 Å². The zero-order valence-electron chi connectivity index (χ0n) is 16.1. The number of nitrogens with zero attached hydrogens (tertiary/aromatic N) is 2. The number of nitrogens with one attached hydrogen (secondary N) is 2. The summed E-state index contributed by atoms with van der Waals surface area (Å²) in [5.74, 6) is 0.431. The van der Waals surface area contributed by atoms with E-state index < -0.39 is 0 Å². The highest BCUT2D eigenvalue weighted by molar-refractivity contribution is 6.03. The Balaban J connectivity index is 1.69. The second kappa shape index (κ2) is 8.43. The first kappa shape index (κ1) is 19.2. The largest absolute Gasteiger partial charge is 0.324 e. The number of Topliss-reactive ketones (excluding diaryl/α,β-unsaturated/α-hetero) is 1. The SMILES string of the molecule is CC(=O)c1ccc(Nc2nccc(C(=O)Nc3ccc(C(C)C)cc3)n2)cc1. The predicted molar refractivity (Wildman–Crippen MR) is 110 cm³/mol. The van der Waals surface area contributed by atoms with Gasteiger partial charge in [0.2, 0.25) is 5.95 Å². The molecule has 0 saturated carbocycles. The van der Waals surface area contributed by atoms with E-state index >= 15 is 0 Å². The molecule has 0 bridgehead atoms. The minimum atomic E-state index is -0.310. The molecule has 0 saturated heterocycles. The minimum Gasteiger partial charge on any atom is -0.324 e. The highest BCUT2D eigenvalue weighted by Gasteiger charge is 2.10. The first-order chi connectivity index (χ1) is 13.4. The molecule has 3 rings (SSSR count). The van der Waals surface area contributed by atoms with Crippen LogP contribution in [0, 0.1) is 0 Å². The number of rotatable bonds is 6. The van der Waals surface area contributed by atoms with Gasteiger partial charge in [-0.1, -0.05) is 26.0 Å². The van der Waals surface area contributed by atoms with Crippen LogP contribution in [0.5, 0.6) is 0 Å². The Morgan fingerprint density at radius 2 is 1.54 bits per heavy atom. The Kier molecular flexibility index (Phi) is 5.79. The fourth-order valence-electron chi connectivity index (χ4n) is 2.61. The molecular formula is C22H22N4O2. The third kappa shape index (κ3) is 4.79. The minimum absolute atomic E-state index is 0.00268. The number of carbonyl (C=O) groups excluding carboxylic acids is 2. The molecule has 0 aliphatic rings. The zero-order valence-corrected chi connectivity index (χ0v) is 16.1. The summed E-state index contributed by atoms with van der Waals surface area (Å²) in [5, 5.41) is 5.88. The van der Waals surface area contributed by atoms with E-state index in [-0.39, 0.29) is 17.4 Å². The zero-order chi connectivity index (χ0) is 20.1. The van der Waals surface area contributed by atoms with E-state index in [1.807, 2.05) is 24.3 Å². The average molecular weight is 374 g/mol. The number of aromatic nitrogens is 2. The summed E-state index contributed by atoms with van der Waals surface area (Å²) in [7, 11) is 0. The Bertz CT molecular complexity index is 980. The summed E-state index contributed by atoms with van der Waals surface area (Å²) >= 11 is 0. The molecule has 28 heavy (non-hydrogen) atoms. The van der Waals surface area contributed by atoms with Crippen LogP contribution in [0.1, 0.15) is 53.1 Å². The van der Waals surface area contributed by atoms with Crippen molar-refractivity contribution in [3.05, 3.63) is 77.6 Å². The van der Waals surface area contributed by atoms with E-state index in [4.69, 9.17) is 0 Å². The van der Waals surface area contributed by atoms with E-state index in [2.05, 4.69) is 34.4 Å². The summed E-state index contributed by atoms with van der Waals surface area (Å²) < 4.78 is 0. The van der Waals surface area contributed by atoms with Crippen LogP contribution in [0.15, 0.2) is 60.8 Å². The van der Waals surface area contributed by atoms with Gasteiger partial charge in [0.05, 0.1) is 0 Å². The fraction of sp³-hybridized carbons (Fsp3) is 0.182. The van der Waals surface area contributed by atoms with Crippen molar-refractivity contribution in [2.45, 2.75) is 26.7 Å². The second-order valence-corrected chi connectivity index (χ2v) is 6.75. The summed E-state index contributed by atoms with van der Waals surface area (Å²) in [4.78, 5) is 32.2. The molecule has 3 aromatic rings. The lowest BCUT2D eigenvalue weighted by Gasteiger charge is -2.09. The molecule has 0 aliphatic carbocycles. The molecule has 6 nitrogen and oxygen atoms in total. The van der Waals surface area contributed by atoms with Crippen LogP contribution in [0.25, 0.3) is 0 Å². The van der Waals surface area contributed by atoms with E-state index in [1.54, 1.807) is 30.3 Å². The lowest BCUT2D eigenvalue weighted by Crippen LogP contribution is -2.14. The average Bonchev–Trinajstić information content (AvgIpc) is 2.69. The molecule has 0 aliphatic heterocycles. The molecule has 1 aromatic heterocycles. The maximum Gasteiger partial charge on any atom is 0.274 e. The van der Waals surface area contributed by atoms with Crippen LogP contribution in [0.3, 0.4) is 0 Å². The molecular weight excluding hydrogens is 352 g/mol. The monoisotopic (exact) mass is 374 g/mol. The molecule has 0 radical (unpaired) electrons. The standard InChI is InChI=1S/C22H22N4O2/c1-14(2)16-4-8-18(9-5-16)24-21(28)20-12-13-23-22(26-20)25-19-10-6-17(7-11-19)15(3)27/h4-14H,1-3H3,(H,24,28)(H,23,25,26). The number of hydrogen-bond donors (Lipinski definition) is 2. The fourth-order valence-corrected chi connectivity index (χ4v) is 2.61. The van der Waals surface area contributed by atoms with Gasteiger partial charge in [0.25, 0.3) is 5.91 Å². The van der Waals surface area contributed by atoms with Gasteiger partial charge in [-0.25, -0.2) is 9.97 Å². The Hall–Kier alpha value is -3.54. The molecule has 0 unspecified atom stereocenters. The van der Waals surface area contributed by atoms with Gasteiger partial charge in [0, 0.05) is 23.1 Å². The van der Waals surface area contributed by atoms with Gasteiger partial charge in [-0.15, -0.1) is 0 Å². The van der Waals surface area contributed by atoms with Crippen molar-refractivity contribution < 1.29 is 9.59 Å². The van der Waals surface area contributed by atoms with Crippen LogP contribution in [0.4, 0.5) is 17.3 Å². The van der Waals surface area contributed by atoms with E-state index in [1.165, 1.54) is 18.7 Å². The molecule has 1 heterocycles. The molecule has 1 amide bonds. The Morgan fingerprint density at radius 1 is 0.893 bits per heavy atom. The number of amides is 1. The van der Waals surface area contributed by atoms with Crippen molar-refractivity contribution in [3.63, 3.8) is 0 Å². The molecule has 0 fully saturated rings. The van der Waals surface area contributed by atoms with Crippen molar-refractivity contribution in [2.75, 3.05) is 10.6 Å². The first-order valence-electron chi connectivity index (χ1n) is 9.05. The maximum absolute atomic E-state index is 12.5. The van der Waals surface area contributed by atoms with Crippen molar-refractivity contribution in [1.29, 1.82) is 0 Å². The maximum atomic E-state index is 12.5. The van der Waals surface area contributed by atoms with Gasteiger partial charge in [0.1, 0.15) is 5.69 Å². The third-order valence-corrected chi connectivity index (χ3v) is 4.27. The van der Waals surface area contributed by atoms with Gasteiger partial charge in [-0.2, -0.15) is 0 Å². The van der Waals surface area contributed by atoms with Gasteiger partial charge < -0.3 is 10.6 Å². The highest BCUT2D eigenvalue weighted by Crippen LogP contribution is 2.18. The molecule has 142 valence electrons. The summed E-state index contributed by atoms with van der Waals surface area (Å²) in [6, 6.07) is 16.3. The van der Waals surface area contributed by atoms with Crippen molar-refractivity contribution in [1.82, 2.24) is 9.97 Å². The van der Waals surface area contributed by atoms with E-state index in [0.717, 1.165) is 5.69 Å². The second-order valence-electron chi connectivity index (χ2n) is 6.75. The predicted octanol–water partition coefficient (Wildman–Crippen LogP) is 4.80. The Labute approximate surface area is 164 Å². The molecule has 6 heteroatoms. The van der Waals surface area contributed by atoms with Crippen molar-refractivity contribution in [3.8, 4) is 0 Å². The molecule has 2 N–H and O–H groups in total. The van der Waals surface area contributed by atoms with Crippen LogP contribution in [0.2, 0.25) is 0 Å². The van der Waals surface area contributed by atoms with Crippen molar-refractivity contribution >= 4 is 29.0 Å². The van der Waals surface area contributed by atoms with Crippen LogP contribution in [-0.4, -0.2) is 21.7 Å². The number of anilines is 3. The lowest BCUT2D eigenvalue weighted by atomic mass is 10.0. The van der Waals surface area contributed by atoms with Gasteiger partial charge >= 0.3 is 0 Å². The topological polar surface area (TPSA) is 84.0 Å². The number of ketones is 1. The van der Waals surface area contributed by atoms with Crippen LogP contribution >= 0.6 is 0 Å². The number of hydrogen-bond acceptors (Lipinski definition) is 5.